The van der Waals surface area contributed by atoms with Gasteiger partial charge in [-0.05, 0) is 47.4 Å². The number of aromatic nitrogens is 2. The van der Waals surface area contributed by atoms with E-state index in [1.165, 1.54) is 0 Å². The number of aromatic hydroxyl groups is 1. The Kier molecular flexibility index (Phi) is 4.62. The third-order valence-corrected chi connectivity index (χ3v) is 7.62. The van der Waals surface area contributed by atoms with E-state index in [0.717, 1.165) is 42.5 Å². The zero-order valence-corrected chi connectivity index (χ0v) is 19.3. The predicted molar refractivity (Wildman–Crippen MR) is 136 cm³/mol. The highest BCUT2D eigenvalue weighted by Crippen LogP contribution is 2.39. The molecule has 35 heavy (non-hydrogen) atoms. The Morgan fingerprint density at radius 1 is 0.886 bits per heavy atom. The number of piperazine rings is 1. The van der Waals surface area contributed by atoms with Crippen LogP contribution in [0, 0.1) is 5.82 Å². The van der Waals surface area contributed by atoms with Gasteiger partial charge in [-0.3, -0.25) is 0 Å². The van der Waals surface area contributed by atoms with Gasteiger partial charge < -0.3 is 26.0 Å². The molecule has 0 saturated carbocycles. The molecule has 7 rings (SSSR count). The lowest BCUT2D eigenvalue weighted by Crippen LogP contribution is -2.56. The smallest absolute Gasteiger partial charge is 0.228 e. The zero-order valence-electron chi connectivity index (χ0n) is 19.3. The largest absolute Gasteiger partial charge is 0.508 e. The van der Waals surface area contributed by atoms with Gasteiger partial charge >= 0.3 is 0 Å². The summed E-state index contributed by atoms with van der Waals surface area (Å²) in [7, 11) is 0. The lowest BCUT2D eigenvalue weighted by atomic mass is 9.96. The van der Waals surface area contributed by atoms with Crippen molar-refractivity contribution in [1.29, 1.82) is 0 Å². The van der Waals surface area contributed by atoms with Gasteiger partial charge in [-0.2, -0.15) is 4.98 Å². The van der Waals surface area contributed by atoms with Crippen LogP contribution in [0.25, 0.3) is 32.8 Å². The molecule has 4 N–H and O–H groups in total. The first-order chi connectivity index (χ1) is 17.0. The molecular weight excluding hydrogens is 443 g/mol. The average molecular weight is 471 g/mol. The Bertz CT molecular complexity index is 1460. The van der Waals surface area contributed by atoms with E-state index in [1.807, 2.05) is 35.2 Å². The van der Waals surface area contributed by atoms with Crippen molar-refractivity contribution < 1.29 is 9.50 Å². The molecular formula is C27H27FN6O. The van der Waals surface area contributed by atoms with Gasteiger partial charge in [-0.25, -0.2) is 9.37 Å². The van der Waals surface area contributed by atoms with Crippen molar-refractivity contribution in [1.82, 2.24) is 15.3 Å². The van der Waals surface area contributed by atoms with Gasteiger partial charge in [0.2, 0.25) is 5.95 Å². The molecule has 8 heteroatoms. The second-order valence-electron chi connectivity index (χ2n) is 10.1. The maximum atomic E-state index is 16.3. The summed E-state index contributed by atoms with van der Waals surface area (Å²) >= 11 is 0. The lowest BCUT2D eigenvalue weighted by Gasteiger charge is -2.38. The number of nitrogens with zero attached hydrogens (tertiary/aromatic N) is 4. The van der Waals surface area contributed by atoms with Gasteiger partial charge in [0.05, 0.1) is 0 Å². The van der Waals surface area contributed by atoms with Crippen LogP contribution in [0.2, 0.25) is 0 Å². The van der Waals surface area contributed by atoms with Crippen molar-refractivity contribution in [3.05, 3.63) is 54.3 Å². The minimum Gasteiger partial charge on any atom is -0.508 e. The molecule has 3 fully saturated rings. The molecule has 0 unspecified atom stereocenters. The van der Waals surface area contributed by atoms with Crippen LogP contribution in [0.5, 0.6) is 5.75 Å². The molecule has 0 aliphatic carbocycles. The average Bonchev–Trinajstić information content (AvgIpc) is 3.18. The topological polar surface area (TPSA) is 90.5 Å². The van der Waals surface area contributed by atoms with Crippen LogP contribution in [0.3, 0.4) is 0 Å². The fourth-order valence-electron chi connectivity index (χ4n) is 5.89. The lowest BCUT2D eigenvalue weighted by molar-refractivity contribution is 0.463. The van der Waals surface area contributed by atoms with Gasteiger partial charge in [-0.1, -0.05) is 30.3 Å². The van der Waals surface area contributed by atoms with Crippen LogP contribution < -0.4 is 20.9 Å². The van der Waals surface area contributed by atoms with E-state index >= 15 is 4.39 Å². The highest BCUT2D eigenvalue weighted by atomic mass is 19.1. The van der Waals surface area contributed by atoms with Crippen LogP contribution in [0.4, 0.5) is 16.2 Å². The number of hydrogen-bond donors (Lipinski definition) is 3. The van der Waals surface area contributed by atoms with E-state index in [1.54, 1.807) is 18.2 Å². The van der Waals surface area contributed by atoms with Crippen molar-refractivity contribution in [2.75, 3.05) is 36.0 Å². The first-order valence-electron chi connectivity index (χ1n) is 12.3. The minimum absolute atomic E-state index is 0.0858. The Morgan fingerprint density at radius 2 is 1.66 bits per heavy atom. The van der Waals surface area contributed by atoms with Crippen molar-refractivity contribution in [3.8, 4) is 16.9 Å². The van der Waals surface area contributed by atoms with Gasteiger partial charge in [0.15, 0.2) is 5.82 Å². The maximum absolute atomic E-state index is 16.3. The Balaban J connectivity index is 1.43. The number of rotatable bonds is 3. The van der Waals surface area contributed by atoms with E-state index in [9.17, 15) is 5.11 Å². The van der Waals surface area contributed by atoms with Gasteiger partial charge in [0, 0.05) is 55.3 Å². The summed E-state index contributed by atoms with van der Waals surface area (Å²) in [5.74, 6) is 1.02. The SMILES string of the molecule is NC1CN(c2nc(N3C[C@H]4CC[C@@H](C3)N4)c3ccc(-c4cc(O)cc5ccccc45)c(F)c3n2)C1. The van der Waals surface area contributed by atoms with E-state index < -0.39 is 5.82 Å². The molecule has 0 spiro atoms. The second-order valence-corrected chi connectivity index (χ2v) is 10.1. The third kappa shape index (κ3) is 3.39. The summed E-state index contributed by atoms with van der Waals surface area (Å²) in [6.45, 7) is 3.02. The quantitative estimate of drug-likeness (QED) is 0.423. The molecule has 3 aliphatic rings. The molecule has 3 aromatic carbocycles. The Morgan fingerprint density at radius 3 is 2.43 bits per heavy atom. The summed E-state index contributed by atoms with van der Waals surface area (Å²) in [5, 5.41) is 16.5. The number of benzene rings is 3. The Labute approximate surface area is 202 Å². The summed E-state index contributed by atoms with van der Waals surface area (Å²) in [4.78, 5) is 13.9. The van der Waals surface area contributed by atoms with Crippen LogP contribution >= 0.6 is 0 Å². The number of nitrogens with one attached hydrogen (secondary N) is 1. The van der Waals surface area contributed by atoms with Crippen molar-refractivity contribution in [2.45, 2.75) is 31.0 Å². The van der Waals surface area contributed by atoms with Gasteiger partial charge in [-0.15, -0.1) is 0 Å². The first kappa shape index (κ1) is 20.8. The number of nitrogens with two attached hydrogens (primary N) is 1. The van der Waals surface area contributed by atoms with Crippen LogP contribution in [-0.4, -0.2) is 59.4 Å². The third-order valence-electron chi connectivity index (χ3n) is 7.62. The van der Waals surface area contributed by atoms with Crippen molar-refractivity contribution in [2.24, 2.45) is 5.73 Å². The normalized spacial score (nSPS) is 22.2. The van der Waals surface area contributed by atoms with Crippen molar-refractivity contribution >= 4 is 33.4 Å². The van der Waals surface area contributed by atoms with E-state index in [0.29, 0.717) is 53.2 Å². The number of phenolic OH excluding ortho intramolecular Hbond substituents is 1. The zero-order chi connectivity index (χ0) is 23.7. The standard InChI is InChI=1S/C27H27FN6O/c28-24-21(23-10-19(35)9-15-3-1-2-4-20(15)23)7-8-22-25(24)31-27(34-11-16(29)12-34)32-26(22)33-13-17-5-6-18(14-33)30-17/h1-4,7-10,16-18,30,35H,5-6,11-14,29H2/t17-,18+. The first-order valence-corrected chi connectivity index (χ1v) is 12.3. The van der Waals surface area contributed by atoms with Crippen LogP contribution in [0.15, 0.2) is 48.5 Å². The van der Waals surface area contributed by atoms with Crippen LogP contribution in [-0.2, 0) is 0 Å². The van der Waals surface area contributed by atoms with Crippen LogP contribution in [0.1, 0.15) is 12.8 Å². The number of phenols is 1. The molecule has 1 aromatic heterocycles. The molecule has 4 aromatic rings. The highest BCUT2D eigenvalue weighted by molar-refractivity contribution is 6.01. The monoisotopic (exact) mass is 470 g/mol. The molecule has 2 atom stereocenters. The summed E-state index contributed by atoms with van der Waals surface area (Å²) < 4.78 is 16.3. The summed E-state index contributed by atoms with van der Waals surface area (Å²) in [5.41, 5.74) is 7.40. The molecule has 7 nitrogen and oxygen atoms in total. The minimum atomic E-state index is -0.397. The highest BCUT2D eigenvalue weighted by Gasteiger charge is 2.35. The molecule has 4 heterocycles. The molecule has 178 valence electrons. The number of halogens is 1. The molecule has 3 saturated heterocycles. The van der Waals surface area contributed by atoms with E-state index in [-0.39, 0.29) is 11.8 Å². The Hall–Kier alpha value is -3.49. The summed E-state index contributed by atoms with van der Waals surface area (Å²) in [6, 6.07) is 15.7. The molecule has 2 bridgehead atoms. The summed E-state index contributed by atoms with van der Waals surface area (Å²) in [6.07, 6.45) is 2.31. The molecule has 3 aliphatic heterocycles. The molecule has 0 radical (unpaired) electrons. The van der Waals surface area contributed by atoms with Gasteiger partial charge in [0.25, 0.3) is 0 Å². The number of hydrogen-bond acceptors (Lipinski definition) is 7. The fraction of sp³-hybridized carbons (Fsp3) is 0.333. The van der Waals surface area contributed by atoms with Crippen molar-refractivity contribution in [3.63, 3.8) is 0 Å². The second kappa shape index (κ2) is 7.76. The van der Waals surface area contributed by atoms with E-state index in [4.69, 9.17) is 15.7 Å². The number of fused-ring (bicyclic) bond motifs is 4. The van der Waals surface area contributed by atoms with Gasteiger partial charge in [0.1, 0.15) is 17.1 Å². The van der Waals surface area contributed by atoms with E-state index in [2.05, 4.69) is 10.2 Å². The fourth-order valence-corrected chi connectivity index (χ4v) is 5.89. The molecule has 0 amide bonds. The number of anilines is 2. The predicted octanol–water partition coefficient (Wildman–Crippen LogP) is 3.38. The maximum Gasteiger partial charge on any atom is 0.228 e.